The van der Waals surface area contributed by atoms with E-state index in [1.807, 2.05) is 38.2 Å². The van der Waals surface area contributed by atoms with Crippen molar-refractivity contribution in [2.75, 3.05) is 43.9 Å². The fourth-order valence-electron chi connectivity index (χ4n) is 5.62. The second kappa shape index (κ2) is 10.8. The largest absolute Gasteiger partial charge is 0.389 e. The number of nitrogens with zero attached hydrogens (tertiary/aromatic N) is 3. The van der Waals surface area contributed by atoms with Gasteiger partial charge in [-0.15, -0.1) is 0 Å². The standard InChI is InChI=1S/C30H33N7O4/c1-17-4-3-5-18(12-17)32-15-20(38)16-33-23-6-9-31-28(39)26(23)27-34-24-13-21-22(14-25(24)35-27)30(41)37(29(21)40)19-7-10-36(2)11-8-19/h3-6,9,12-14,19-20,32,38H,7-8,10-11,15-16H2,1-2H3,(H,34,35)(H2,31,33,39). The van der Waals surface area contributed by atoms with E-state index in [0.717, 1.165) is 37.2 Å². The summed E-state index contributed by atoms with van der Waals surface area (Å²) in [5.74, 6) is -0.280. The van der Waals surface area contributed by atoms with Crippen LogP contribution in [0.2, 0.25) is 0 Å². The normalized spacial score (nSPS) is 16.8. The van der Waals surface area contributed by atoms with Crippen LogP contribution < -0.4 is 16.2 Å². The number of nitrogens with one attached hydrogen (secondary N) is 4. The molecule has 11 nitrogen and oxygen atoms in total. The number of aromatic amines is 2. The number of hydrogen-bond donors (Lipinski definition) is 5. The Morgan fingerprint density at radius 3 is 2.51 bits per heavy atom. The minimum Gasteiger partial charge on any atom is -0.389 e. The summed E-state index contributed by atoms with van der Waals surface area (Å²) in [6, 6.07) is 12.8. The van der Waals surface area contributed by atoms with E-state index >= 15 is 0 Å². The van der Waals surface area contributed by atoms with Crippen molar-refractivity contribution in [2.45, 2.75) is 31.9 Å². The second-order valence-electron chi connectivity index (χ2n) is 10.9. The van der Waals surface area contributed by atoms with Crippen LogP contribution in [0.1, 0.15) is 39.1 Å². The minimum absolute atomic E-state index is 0.112. The number of imide groups is 1. The molecule has 11 heteroatoms. The molecule has 4 aromatic rings. The highest BCUT2D eigenvalue weighted by Crippen LogP contribution is 2.32. The van der Waals surface area contributed by atoms with E-state index in [0.29, 0.717) is 40.2 Å². The minimum atomic E-state index is -0.731. The van der Waals surface area contributed by atoms with Gasteiger partial charge >= 0.3 is 0 Å². The Balaban J connectivity index is 1.21. The Bertz CT molecular complexity index is 1630. The molecule has 41 heavy (non-hydrogen) atoms. The van der Waals surface area contributed by atoms with E-state index in [-0.39, 0.29) is 35.5 Å². The van der Waals surface area contributed by atoms with Gasteiger partial charge in [0.05, 0.1) is 34.0 Å². The number of pyridine rings is 1. The van der Waals surface area contributed by atoms with Gasteiger partial charge in [0.25, 0.3) is 17.4 Å². The Kier molecular flexibility index (Phi) is 7.06. The number of aromatic nitrogens is 3. The number of aliphatic hydroxyl groups is 1. The van der Waals surface area contributed by atoms with Gasteiger partial charge in [0.1, 0.15) is 11.4 Å². The maximum absolute atomic E-state index is 13.3. The Morgan fingerprint density at radius 1 is 1.02 bits per heavy atom. The molecule has 4 heterocycles. The lowest BCUT2D eigenvalue weighted by Crippen LogP contribution is -2.46. The van der Waals surface area contributed by atoms with Crippen molar-refractivity contribution in [3.8, 4) is 11.4 Å². The van der Waals surface area contributed by atoms with Crippen LogP contribution >= 0.6 is 0 Å². The summed E-state index contributed by atoms with van der Waals surface area (Å²) >= 11 is 0. The van der Waals surface area contributed by atoms with Crippen LogP contribution in [0.5, 0.6) is 0 Å². The summed E-state index contributed by atoms with van der Waals surface area (Å²) in [4.78, 5) is 53.5. The van der Waals surface area contributed by atoms with Crippen molar-refractivity contribution in [1.29, 1.82) is 0 Å². The van der Waals surface area contributed by atoms with Gasteiger partial charge in [-0.25, -0.2) is 4.98 Å². The number of benzene rings is 2. The molecule has 0 aliphatic carbocycles. The van der Waals surface area contributed by atoms with Crippen LogP contribution in [0.3, 0.4) is 0 Å². The molecular formula is C30H33N7O4. The average molecular weight is 556 g/mol. The second-order valence-corrected chi connectivity index (χ2v) is 10.9. The molecule has 0 spiro atoms. The number of H-pyrrole nitrogens is 2. The number of carbonyl (C=O) groups is 2. The number of likely N-dealkylation sites (tertiary alicyclic amines) is 1. The highest BCUT2D eigenvalue weighted by molar-refractivity contribution is 6.23. The van der Waals surface area contributed by atoms with Crippen LogP contribution in [0.15, 0.2) is 53.5 Å². The van der Waals surface area contributed by atoms with Crippen molar-refractivity contribution < 1.29 is 14.7 Å². The number of fused-ring (bicyclic) bond motifs is 2. The van der Waals surface area contributed by atoms with E-state index in [1.165, 1.54) is 11.1 Å². The molecule has 0 radical (unpaired) electrons. The summed E-state index contributed by atoms with van der Waals surface area (Å²) in [5, 5.41) is 16.9. The van der Waals surface area contributed by atoms with Gasteiger partial charge in [0.2, 0.25) is 0 Å². The summed E-state index contributed by atoms with van der Waals surface area (Å²) in [5.41, 5.74) is 4.17. The number of rotatable bonds is 8. The van der Waals surface area contributed by atoms with Gasteiger partial charge in [-0.3, -0.25) is 19.3 Å². The van der Waals surface area contributed by atoms with Gasteiger partial charge in [-0.2, -0.15) is 0 Å². The number of imidazole rings is 1. The van der Waals surface area contributed by atoms with Gasteiger partial charge in [-0.05, 0) is 75.8 Å². The number of piperidine rings is 1. The molecule has 2 aliphatic heterocycles. The maximum atomic E-state index is 13.3. The van der Waals surface area contributed by atoms with Gasteiger partial charge in [0.15, 0.2) is 0 Å². The lowest BCUT2D eigenvalue weighted by molar-refractivity contribution is 0.0516. The van der Waals surface area contributed by atoms with Gasteiger partial charge in [-0.1, -0.05) is 12.1 Å². The topological polar surface area (TPSA) is 146 Å². The van der Waals surface area contributed by atoms with E-state index in [1.54, 1.807) is 18.2 Å². The number of amides is 2. The molecule has 2 aromatic carbocycles. The third-order valence-corrected chi connectivity index (χ3v) is 7.86. The van der Waals surface area contributed by atoms with Gasteiger partial charge in [0, 0.05) is 31.0 Å². The SMILES string of the molecule is Cc1cccc(NCC(O)CNc2cc[nH]c(=O)c2-c2nc3cc4c(cc3[nH]2)C(=O)N(C2CCN(C)CC2)C4=O)c1. The Morgan fingerprint density at radius 2 is 1.76 bits per heavy atom. The third-order valence-electron chi connectivity index (χ3n) is 7.86. The van der Waals surface area contributed by atoms with Crippen molar-refractivity contribution in [2.24, 2.45) is 0 Å². The van der Waals surface area contributed by atoms with Crippen molar-refractivity contribution >= 4 is 34.2 Å². The zero-order chi connectivity index (χ0) is 28.7. The van der Waals surface area contributed by atoms with Crippen molar-refractivity contribution in [1.82, 2.24) is 24.8 Å². The smallest absolute Gasteiger partial charge is 0.261 e. The Labute approximate surface area is 236 Å². The first kappa shape index (κ1) is 26.7. The van der Waals surface area contributed by atoms with E-state index < -0.39 is 6.10 Å². The zero-order valence-electron chi connectivity index (χ0n) is 23.0. The Hall–Kier alpha value is -4.48. The molecule has 0 saturated carbocycles. The molecule has 1 unspecified atom stereocenters. The summed E-state index contributed by atoms with van der Waals surface area (Å²) < 4.78 is 0. The van der Waals surface area contributed by atoms with Crippen LogP contribution in [0, 0.1) is 6.92 Å². The van der Waals surface area contributed by atoms with E-state index in [4.69, 9.17) is 0 Å². The fourth-order valence-corrected chi connectivity index (χ4v) is 5.62. The van der Waals surface area contributed by atoms with E-state index in [2.05, 4.69) is 30.5 Å². The molecule has 6 rings (SSSR count). The lowest BCUT2D eigenvalue weighted by Gasteiger charge is -2.33. The predicted molar refractivity (Wildman–Crippen MR) is 157 cm³/mol. The summed E-state index contributed by atoms with van der Waals surface area (Å²) in [6.07, 6.45) is 2.31. The lowest BCUT2D eigenvalue weighted by atomic mass is 10.0. The summed E-state index contributed by atoms with van der Waals surface area (Å²) in [6.45, 7) is 4.20. The molecule has 1 saturated heterocycles. The predicted octanol–water partition coefficient (Wildman–Crippen LogP) is 2.80. The molecule has 2 aromatic heterocycles. The number of hydrogen-bond acceptors (Lipinski definition) is 8. The number of aliphatic hydroxyl groups excluding tert-OH is 1. The third kappa shape index (κ3) is 5.21. The van der Waals surface area contributed by atoms with Crippen LogP contribution in [-0.4, -0.2) is 87.0 Å². The molecule has 5 N–H and O–H groups in total. The molecule has 0 bridgehead atoms. The molecule has 1 fully saturated rings. The number of aryl methyl sites for hydroxylation is 1. The maximum Gasteiger partial charge on any atom is 0.261 e. The number of carbonyl (C=O) groups excluding carboxylic acids is 2. The van der Waals surface area contributed by atoms with Gasteiger partial charge < -0.3 is 30.6 Å². The highest BCUT2D eigenvalue weighted by atomic mass is 16.3. The van der Waals surface area contributed by atoms with E-state index in [9.17, 15) is 19.5 Å². The first-order chi connectivity index (χ1) is 19.8. The van der Waals surface area contributed by atoms with Crippen molar-refractivity contribution in [3.05, 3.63) is 75.7 Å². The van der Waals surface area contributed by atoms with Crippen LogP contribution in [0.25, 0.3) is 22.4 Å². The molecular weight excluding hydrogens is 522 g/mol. The molecule has 2 aliphatic rings. The monoisotopic (exact) mass is 555 g/mol. The molecule has 1 atom stereocenters. The highest BCUT2D eigenvalue weighted by Gasteiger charge is 2.41. The fraction of sp³-hybridized carbons (Fsp3) is 0.333. The summed E-state index contributed by atoms with van der Waals surface area (Å²) in [7, 11) is 2.04. The van der Waals surface area contributed by atoms with Crippen LogP contribution in [0.4, 0.5) is 11.4 Å². The van der Waals surface area contributed by atoms with Crippen LogP contribution in [-0.2, 0) is 0 Å². The molecule has 2 amide bonds. The first-order valence-electron chi connectivity index (χ1n) is 13.8. The quantitative estimate of drug-likeness (QED) is 0.209. The van der Waals surface area contributed by atoms with Crippen molar-refractivity contribution in [3.63, 3.8) is 0 Å². The zero-order valence-corrected chi connectivity index (χ0v) is 23.0. The number of anilines is 2. The average Bonchev–Trinajstić information content (AvgIpc) is 3.47. The first-order valence-corrected chi connectivity index (χ1v) is 13.8. The molecule has 212 valence electrons.